The van der Waals surface area contributed by atoms with Gasteiger partial charge in [-0.3, -0.25) is 4.79 Å². The van der Waals surface area contributed by atoms with Crippen molar-refractivity contribution >= 4 is 11.9 Å². The Labute approximate surface area is 129 Å². The number of hydrogen-bond donors (Lipinski definition) is 1. The Hall–Kier alpha value is -1.76. The van der Waals surface area contributed by atoms with E-state index in [0.29, 0.717) is 19.2 Å². The maximum absolute atomic E-state index is 13.8. The Morgan fingerprint density at radius 1 is 1.32 bits per heavy atom. The lowest BCUT2D eigenvalue weighted by atomic mass is 10.0. The molecule has 0 spiro atoms. The predicted octanol–water partition coefficient (Wildman–Crippen LogP) is 2.55. The van der Waals surface area contributed by atoms with E-state index in [2.05, 4.69) is 13.2 Å². The molecule has 5 nitrogen and oxygen atoms in total. The van der Waals surface area contributed by atoms with Crippen LogP contribution in [0.1, 0.15) is 26.7 Å². The molecule has 0 aliphatic carbocycles. The number of carbonyl (C=O) groups excluding carboxylic acids is 2. The first-order valence-electron chi connectivity index (χ1n) is 7.05. The van der Waals surface area contributed by atoms with Crippen LogP contribution in [0.5, 0.6) is 0 Å². The number of aliphatic hydroxyl groups excluding tert-OH is 1. The average molecular weight is 319 g/mol. The minimum Gasteiger partial charge on any atom is -0.438 e. The van der Waals surface area contributed by atoms with Crippen LogP contribution >= 0.6 is 0 Å². The summed E-state index contributed by atoms with van der Waals surface area (Å²) in [4.78, 5) is 25.0. The molecule has 0 saturated carbocycles. The number of carbonyl (C=O) groups is 2. The summed E-state index contributed by atoms with van der Waals surface area (Å²) >= 11 is 0. The van der Waals surface area contributed by atoms with E-state index in [1.54, 1.807) is 13.8 Å². The average Bonchev–Trinajstić information content (AvgIpc) is 2.50. The highest BCUT2D eigenvalue weighted by molar-refractivity contribution is 5.92. The molecule has 0 aliphatic rings. The number of ketones is 1. The first-order chi connectivity index (χ1) is 10.3. The third-order valence-corrected chi connectivity index (χ3v) is 3.11. The van der Waals surface area contributed by atoms with Crippen molar-refractivity contribution in [1.82, 2.24) is 4.90 Å². The molecule has 0 aromatic heterocycles. The van der Waals surface area contributed by atoms with Gasteiger partial charge in [0.25, 0.3) is 0 Å². The minimum atomic E-state index is -4.07. The van der Waals surface area contributed by atoms with Gasteiger partial charge in [0.2, 0.25) is 5.78 Å². The van der Waals surface area contributed by atoms with Crippen molar-refractivity contribution in [2.75, 3.05) is 13.1 Å². The number of aliphatic hydroxyl groups is 1. The maximum Gasteiger partial charge on any atom is 0.410 e. The van der Waals surface area contributed by atoms with Gasteiger partial charge in [-0.05, 0) is 26.7 Å². The van der Waals surface area contributed by atoms with Gasteiger partial charge in [0.15, 0.2) is 6.10 Å². The number of allylic oxidation sites excluding steroid dienone is 1. The predicted molar refractivity (Wildman–Crippen MR) is 78.8 cm³/mol. The van der Waals surface area contributed by atoms with E-state index in [1.165, 1.54) is 11.0 Å². The summed E-state index contributed by atoms with van der Waals surface area (Å²) in [6.07, 6.45) is -2.77. The smallest absolute Gasteiger partial charge is 0.410 e. The molecule has 0 fully saturated rings. The SMILES string of the molecule is C=CCCC(OC(=O)N(CC)CC)C(=O)C(F)(F)C(O)C=C. The summed E-state index contributed by atoms with van der Waals surface area (Å²) in [5.41, 5.74) is 0. The van der Waals surface area contributed by atoms with E-state index < -0.39 is 30.0 Å². The van der Waals surface area contributed by atoms with E-state index in [0.717, 1.165) is 0 Å². The van der Waals surface area contributed by atoms with E-state index >= 15 is 0 Å². The molecule has 2 atom stereocenters. The van der Waals surface area contributed by atoms with E-state index in [9.17, 15) is 23.5 Å². The maximum atomic E-state index is 13.8. The summed E-state index contributed by atoms with van der Waals surface area (Å²) in [6, 6.07) is 0. The van der Waals surface area contributed by atoms with Crippen LogP contribution in [0, 0.1) is 0 Å². The van der Waals surface area contributed by atoms with Crippen molar-refractivity contribution in [2.45, 2.75) is 44.8 Å². The van der Waals surface area contributed by atoms with Gasteiger partial charge in [0, 0.05) is 13.1 Å². The number of halogens is 2. The Morgan fingerprint density at radius 2 is 1.86 bits per heavy atom. The molecule has 0 aliphatic heterocycles. The standard InChI is InChI=1S/C15H23F2NO4/c1-5-9-10-11(22-14(21)18(7-3)8-4)13(20)15(16,17)12(19)6-2/h5-6,11-12,19H,1-2,7-10H2,3-4H3. The van der Waals surface area contributed by atoms with Crippen LogP contribution in [-0.2, 0) is 9.53 Å². The molecule has 22 heavy (non-hydrogen) atoms. The molecule has 0 heterocycles. The molecule has 0 rings (SSSR count). The molecule has 2 unspecified atom stereocenters. The van der Waals surface area contributed by atoms with Crippen molar-refractivity contribution in [3.63, 3.8) is 0 Å². The second-order valence-electron chi connectivity index (χ2n) is 4.58. The van der Waals surface area contributed by atoms with Crippen LogP contribution in [0.2, 0.25) is 0 Å². The van der Waals surface area contributed by atoms with Gasteiger partial charge in [0.1, 0.15) is 6.10 Å². The van der Waals surface area contributed by atoms with Gasteiger partial charge in [-0.15, -0.1) is 13.2 Å². The molecule has 126 valence electrons. The van der Waals surface area contributed by atoms with Crippen molar-refractivity contribution in [3.05, 3.63) is 25.3 Å². The zero-order chi connectivity index (χ0) is 17.3. The van der Waals surface area contributed by atoms with Gasteiger partial charge in [-0.2, -0.15) is 8.78 Å². The van der Waals surface area contributed by atoms with Crippen molar-refractivity contribution < 1.29 is 28.2 Å². The normalized spacial score (nSPS) is 13.9. The van der Waals surface area contributed by atoms with Gasteiger partial charge >= 0.3 is 12.0 Å². The lowest BCUT2D eigenvalue weighted by molar-refractivity contribution is -0.165. The van der Waals surface area contributed by atoms with E-state index in [-0.39, 0.29) is 12.8 Å². The number of amides is 1. The van der Waals surface area contributed by atoms with Crippen LogP contribution < -0.4 is 0 Å². The monoisotopic (exact) mass is 319 g/mol. The van der Waals surface area contributed by atoms with Gasteiger partial charge in [-0.25, -0.2) is 4.79 Å². The van der Waals surface area contributed by atoms with Crippen molar-refractivity contribution in [1.29, 1.82) is 0 Å². The van der Waals surface area contributed by atoms with Crippen molar-refractivity contribution in [2.24, 2.45) is 0 Å². The van der Waals surface area contributed by atoms with Crippen LogP contribution in [0.25, 0.3) is 0 Å². The van der Waals surface area contributed by atoms with Gasteiger partial charge < -0.3 is 14.7 Å². The van der Waals surface area contributed by atoms with Crippen LogP contribution in [0.15, 0.2) is 25.3 Å². The molecular weight excluding hydrogens is 296 g/mol. The number of nitrogens with zero attached hydrogens (tertiary/aromatic N) is 1. The summed E-state index contributed by atoms with van der Waals surface area (Å²) in [6.45, 7) is 10.5. The third-order valence-electron chi connectivity index (χ3n) is 3.11. The third kappa shape index (κ3) is 5.22. The molecule has 0 aromatic rings. The molecule has 1 N–H and O–H groups in total. The molecule has 1 amide bonds. The van der Waals surface area contributed by atoms with E-state index in [4.69, 9.17) is 4.74 Å². The lowest BCUT2D eigenvalue weighted by Crippen LogP contribution is -2.48. The highest BCUT2D eigenvalue weighted by Crippen LogP contribution is 2.25. The Kier molecular flexibility index (Phi) is 8.55. The minimum absolute atomic E-state index is 0.130. The fraction of sp³-hybridized carbons (Fsp3) is 0.600. The first-order valence-corrected chi connectivity index (χ1v) is 7.05. The van der Waals surface area contributed by atoms with Gasteiger partial charge in [0.05, 0.1) is 0 Å². The Balaban J connectivity index is 5.19. The van der Waals surface area contributed by atoms with Crippen molar-refractivity contribution in [3.8, 4) is 0 Å². The quantitative estimate of drug-likeness (QED) is 0.628. The first kappa shape index (κ1) is 20.2. The molecule has 0 saturated heterocycles. The second-order valence-corrected chi connectivity index (χ2v) is 4.58. The number of rotatable bonds is 10. The summed E-state index contributed by atoms with van der Waals surface area (Å²) < 4.78 is 32.5. The van der Waals surface area contributed by atoms with Crippen LogP contribution in [0.4, 0.5) is 13.6 Å². The summed E-state index contributed by atoms with van der Waals surface area (Å²) in [5, 5.41) is 9.21. The van der Waals surface area contributed by atoms with Crippen LogP contribution in [-0.4, -0.2) is 53.1 Å². The lowest BCUT2D eigenvalue weighted by Gasteiger charge is -2.26. The number of hydrogen-bond acceptors (Lipinski definition) is 4. The zero-order valence-corrected chi connectivity index (χ0v) is 12.9. The number of alkyl halides is 2. The fourth-order valence-corrected chi connectivity index (χ4v) is 1.70. The Bertz CT molecular complexity index is 408. The summed E-state index contributed by atoms with van der Waals surface area (Å²) in [7, 11) is 0. The second kappa shape index (κ2) is 9.30. The number of ether oxygens (including phenoxy) is 1. The highest BCUT2D eigenvalue weighted by Gasteiger charge is 2.49. The molecular formula is C15H23F2NO4. The Morgan fingerprint density at radius 3 is 2.27 bits per heavy atom. The largest absolute Gasteiger partial charge is 0.438 e. The topological polar surface area (TPSA) is 66.8 Å². The highest BCUT2D eigenvalue weighted by atomic mass is 19.3. The van der Waals surface area contributed by atoms with Gasteiger partial charge in [-0.1, -0.05) is 12.2 Å². The molecule has 0 bridgehead atoms. The number of Topliss-reactive ketones (excluding diaryl/α,β-unsaturated/α-hetero) is 1. The fourth-order valence-electron chi connectivity index (χ4n) is 1.70. The molecule has 0 radical (unpaired) electrons. The zero-order valence-electron chi connectivity index (χ0n) is 12.9. The molecule has 7 heteroatoms. The molecule has 0 aromatic carbocycles. The van der Waals surface area contributed by atoms with Crippen LogP contribution in [0.3, 0.4) is 0 Å². The summed E-state index contributed by atoms with van der Waals surface area (Å²) in [5.74, 6) is -5.72. The van der Waals surface area contributed by atoms with E-state index in [1.807, 2.05) is 0 Å².